The van der Waals surface area contributed by atoms with Crippen LogP contribution in [-0.2, 0) is 14.3 Å². The SMILES string of the molecule is O=C1OCC(Br)C2=C1C(c1ccc(Br)cc1)OC2. The Labute approximate surface area is 121 Å². The molecule has 94 valence electrons. The van der Waals surface area contributed by atoms with Crippen molar-refractivity contribution in [1.82, 2.24) is 0 Å². The largest absolute Gasteiger partial charge is 0.461 e. The molecular weight excluding hydrogens is 364 g/mol. The predicted octanol–water partition coefficient (Wildman–Crippen LogP) is 3.14. The molecule has 0 spiro atoms. The van der Waals surface area contributed by atoms with E-state index in [-0.39, 0.29) is 16.9 Å². The van der Waals surface area contributed by atoms with Gasteiger partial charge in [-0.3, -0.25) is 0 Å². The average molecular weight is 374 g/mol. The lowest BCUT2D eigenvalue weighted by atomic mass is 9.97. The van der Waals surface area contributed by atoms with E-state index >= 15 is 0 Å². The number of alkyl halides is 1. The Hall–Kier alpha value is -0.650. The van der Waals surface area contributed by atoms with Crippen molar-refractivity contribution in [2.45, 2.75) is 10.9 Å². The molecular formula is C13H10Br2O3. The lowest BCUT2D eigenvalue weighted by molar-refractivity contribution is -0.140. The maximum absolute atomic E-state index is 11.9. The number of esters is 1. The zero-order chi connectivity index (χ0) is 12.7. The van der Waals surface area contributed by atoms with E-state index in [1.54, 1.807) is 0 Å². The first-order valence-corrected chi connectivity index (χ1v) is 7.29. The molecule has 1 aromatic carbocycles. The van der Waals surface area contributed by atoms with Gasteiger partial charge in [0.05, 0.1) is 17.0 Å². The van der Waals surface area contributed by atoms with E-state index in [0.29, 0.717) is 18.8 Å². The Balaban J connectivity index is 2.00. The van der Waals surface area contributed by atoms with Gasteiger partial charge in [-0.1, -0.05) is 44.0 Å². The molecule has 0 fully saturated rings. The lowest BCUT2D eigenvalue weighted by Gasteiger charge is -2.20. The molecule has 3 rings (SSSR count). The minimum Gasteiger partial charge on any atom is -0.461 e. The monoisotopic (exact) mass is 372 g/mol. The van der Waals surface area contributed by atoms with Gasteiger partial charge in [-0.2, -0.15) is 0 Å². The summed E-state index contributed by atoms with van der Waals surface area (Å²) in [6.45, 7) is 0.870. The molecule has 3 nitrogen and oxygen atoms in total. The Bertz CT molecular complexity index is 522. The predicted molar refractivity (Wildman–Crippen MR) is 73.5 cm³/mol. The molecule has 18 heavy (non-hydrogen) atoms. The highest BCUT2D eigenvalue weighted by molar-refractivity contribution is 9.10. The van der Waals surface area contributed by atoms with Crippen LogP contribution in [0.15, 0.2) is 39.9 Å². The highest BCUT2D eigenvalue weighted by Crippen LogP contribution is 2.40. The molecule has 2 unspecified atom stereocenters. The van der Waals surface area contributed by atoms with Crippen molar-refractivity contribution in [2.75, 3.05) is 13.2 Å². The minimum atomic E-state index is -0.305. The Morgan fingerprint density at radius 2 is 1.94 bits per heavy atom. The highest BCUT2D eigenvalue weighted by Gasteiger charge is 2.39. The van der Waals surface area contributed by atoms with Gasteiger partial charge in [0.2, 0.25) is 0 Å². The quantitative estimate of drug-likeness (QED) is 0.560. The first kappa shape index (κ1) is 12.4. The molecule has 1 aromatic rings. The maximum Gasteiger partial charge on any atom is 0.337 e. The van der Waals surface area contributed by atoms with Crippen molar-refractivity contribution >= 4 is 37.8 Å². The molecule has 2 heterocycles. The summed E-state index contributed by atoms with van der Waals surface area (Å²) in [5, 5.41) is 0. The van der Waals surface area contributed by atoms with Crippen molar-refractivity contribution in [3.8, 4) is 0 Å². The number of hydrogen-bond donors (Lipinski definition) is 0. The van der Waals surface area contributed by atoms with E-state index in [2.05, 4.69) is 31.9 Å². The van der Waals surface area contributed by atoms with Crippen LogP contribution in [-0.4, -0.2) is 24.0 Å². The Morgan fingerprint density at radius 1 is 1.22 bits per heavy atom. The van der Waals surface area contributed by atoms with Gasteiger partial charge in [0.15, 0.2) is 0 Å². The summed E-state index contributed by atoms with van der Waals surface area (Å²) in [5.41, 5.74) is 2.64. The molecule has 0 saturated heterocycles. The summed E-state index contributed by atoms with van der Waals surface area (Å²) in [6.07, 6.45) is -0.305. The third-order valence-electron chi connectivity index (χ3n) is 3.15. The number of cyclic esters (lactones) is 1. The van der Waals surface area contributed by atoms with Gasteiger partial charge in [0.25, 0.3) is 0 Å². The molecule has 0 saturated carbocycles. The number of rotatable bonds is 1. The zero-order valence-corrected chi connectivity index (χ0v) is 12.5. The van der Waals surface area contributed by atoms with Crippen LogP contribution in [0.2, 0.25) is 0 Å². The maximum atomic E-state index is 11.9. The van der Waals surface area contributed by atoms with Crippen LogP contribution in [0.5, 0.6) is 0 Å². The molecule has 0 aromatic heterocycles. The Kier molecular flexibility index (Phi) is 3.30. The van der Waals surface area contributed by atoms with Crippen molar-refractivity contribution < 1.29 is 14.3 Å². The summed E-state index contributed by atoms with van der Waals surface area (Å²) < 4.78 is 11.9. The van der Waals surface area contributed by atoms with Gasteiger partial charge in [-0.25, -0.2) is 4.79 Å². The van der Waals surface area contributed by atoms with E-state index in [0.717, 1.165) is 15.6 Å². The number of ether oxygens (including phenoxy) is 2. The second-order valence-corrected chi connectivity index (χ2v) is 6.27. The number of benzene rings is 1. The summed E-state index contributed by atoms with van der Waals surface area (Å²) in [4.78, 5) is 12.0. The van der Waals surface area contributed by atoms with Crippen molar-refractivity contribution in [1.29, 1.82) is 0 Å². The van der Waals surface area contributed by atoms with Gasteiger partial charge in [-0.15, -0.1) is 0 Å². The van der Waals surface area contributed by atoms with Crippen LogP contribution in [0.25, 0.3) is 0 Å². The molecule has 0 N–H and O–H groups in total. The molecule has 2 atom stereocenters. The third-order valence-corrected chi connectivity index (χ3v) is 4.49. The van der Waals surface area contributed by atoms with E-state index in [1.165, 1.54) is 0 Å². The van der Waals surface area contributed by atoms with Gasteiger partial charge in [0.1, 0.15) is 12.7 Å². The van der Waals surface area contributed by atoms with E-state index in [9.17, 15) is 4.79 Å². The fourth-order valence-corrected chi connectivity index (χ4v) is 3.00. The summed E-state index contributed by atoms with van der Waals surface area (Å²) >= 11 is 6.90. The van der Waals surface area contributed by atoms with Crippen molar-refractivity contribution in [3.63, 3.8) is 0 Å². The van der Waals surface area contributed by atoms with Crippen molar-refractivity contribution in [3.05, 3.63) is 45.4 Å². The molecule has 0 amide bonds. The number of carbonyl (C=O) groups excluding carboxylic acids is 1. The molecule has 0 bridgehead atoms. The number of hydrogen-bond acceptors (Lipinski definition) is 3. The smallest absolute Gasteiger partial charge is 0.337 e. The molecule has 5 heteroatoms. The van der Waals surface area contributed by atoms with E-state index in [4.69, 9.17) is 9.47 Å². The summed E-state index contributed by atoms with van der Waals surface area (Å²) in [5.74, 6) is -0.258. The average Bonchev–Trinajstić information content (AvgIpc) is 2.81. The van der Waals surface area contributed by atoms with Crippen LogP contribution < -0.4 is 0 Å². The fraction of sp³-hybridized carbons (Fsp3) is 0.308. The molecule has 2 aliphatic rings. The van der Waals surface area contributed by atoms with Gasteiger partial charge in [0, 0.05) is 4.47 Å². The van der Waals surface area contributed by atoms with Crippen LogP contribution in [0.3, 0.4) is 0 Å². The highest BCUT2D eigenvalue weighted by atomic mass is 79.9. The lowest BCUT2D eigenvalue weighted by Crippen LogP contribution is -2.26. The normalized spacial score (nSPS) is 27.1. The second-order valence-electron chi connectivity index (χ2n) is 4.25. The van der Waals surface area contributed by atoms with Crippen LogP contribution in [0, 0.1) is 0 Å². The fourth-order valence-electron chi connectivity index (χ4n) is 2.23. The second kappa shape index (κ2) is 4.79. The molecule has 2 aliphatic heterocycles. The van der Waals surface area contributed by atoms with Crippen LogP contribution in [0.1, 0.15) is 11.7 Å². The van der Waals surface area contributed by atoms with Gasteiger partial charge >= 0.3 is 5.97 Å². The third kappa shape index (κ3) is 2.04. The Morgan fingerprint density at radius 3 is 2.67 bits per heavy atom. The van der Waals surface area contributed by atoms with Crippen molar-refractivity contribution in [2.24, 2.45) is 0 Å². The first-order valence-electron chi connectivity index (χ1n) is 5.58. The zero-order valence-electron chi connectivity index (χ0n) is 9.36. The standard InChI is InChI=1S/C13H10Br2O3/c14-8-3-1-7(2-4-8)12-11-9(5-17-12)10(15)6-18-13(11)16/h1-4,10,12H,5-6H2. The molecule has 0 radical (unpaired) electrons. The number of carbonyl (C=O) groups is 1. The van der Waals surface area contributed by atoms with Gasteiger partial charge in [-0.05, 0) is 23.3 Å². The first-order chi connectivity index (χ1) is 8.66. The topological polar surface area (TPSA) is 35.5 Å². The molecule has 0 aliphatic carbocycles. The van der Waals surface area contributed by atoms with Crippen LogP contribution >= 0.6 is 31.9 Å². The van der Waals surface area contributed by atoms with Crippen LogP contribution in [0.4, 0.5) is 0 Å². The van der Waals surface area contributed by atoms with E-state index in [1.807, 2.05) is 24.3 Å². The number of halogens is 2. The van der Waals surface area contributed by atoms with Gasteiger partial charge < -0.3 is 9.47 Å². The minimum absolute atomic E-state index is 0.0747. The van der Waals surface area contributed by atoms with E-state index < -0.39 is 0 Å². The summed E-state index contributed by atoms with van der Waals surface area (Å²) in [7, 11) is 0. The summed E-state index contributed by atoms with van der Waals surface area (Å²) in [6, 6.07) is 7.79.